The molecule has 0 saturated heterocycles. The van der Waals surface area contributed by atoms with E-state index in [4.69, 9.17) is 27.2 Å². The van der Waals surface area contributed by atoms with Crippen LogP contribution in [-0.4, -0.2) is 79.9 Å². The zero-order valence-electron chi connectivity index (χ0n) is 21.4. The lowest BCUT2D eigenvalue weighted by molar-refractivity contribution is -0.383. The number of nitro groups is 1. The molecule has 0 spiro atoms. The number of nitrogens with zero attached hydrogens (tertiary/aromatic N) is 4. The Hall–Kier alpha value is -4.49. The van der Waals surface area contributed by atoms with Gasteiger partial charge in [-0.15, -0.1) is 11.6 Å². The number of aliphatic imine (C=N–C) groups is 1. The summed E-state index contributed by atoms with van der Waals surface area (Å²) >= 11 is 5.63. The molecule has 2 aromatic carbocycles. The van der Waals surface area contributed by atoms with Crippen molar-refractivity contribution in [2.75, 3.05) is 17.7 Å². The molecule has 1 amide bonds. The molecule has 7 N–H and O–H groups in total. The first-order chi connectivity index (χ1) is 19.7. The molecule has 15 nitrogen and oxygen atoms in total. The van der Waals surface area contributed by atoms with Crippen LogP contribution in [0.2, 0.25) is 0 Å². The van der Waals surface area contributed by atoms with E-state index in [1.807, 2.05) is 0 Å². The van der Waals surface area contributed by atoms with Gasteiger partial charge in [0.1, 0.15) is 11.9 Å². The largest absolute Gasteiger partial charge is 0.490 e. The predicted molar refractivity (Wildman–Crippen MR) is 144 cm³/mol. The summed E-state index contributed by atoms with van der Waals surface area (Å²) in [4.78, 5) is 36.7. The van der Waals surface area contributed by atoms with Crippen molar-refractivity contribution < 1.29 is 47.5 Å². The Bertz CT molecular complexity index is 1420. The molecule has 0 bridgehead atoms. The third kappa shape index (κ3) is 10.2. The van der Waals surface area contributed by atoms with Gasteiger partial charge >= 0.3 is 25.0 Å². The molecule has 3 aromatic rings. The number of aromatic nitrogens is 2. The number of amides is 1. The molecule has 20 heteroatoms. The third-order valence-corrected chi connectivity index (χ3v) is 5.57. The number of halogens is 4. The van der Waals surface area contributed by atoms with Crippen molar-refractivity contribution in [1.82, 2.24) is 15.6 Å². The number of nitro benzene ring substituents is 1. The Morgan fingerprint density at radius 1 is 1.21 bits per heavy atom. The first-order valence-electron chi connectivity index (χ1n) is 11.8. The van der Waals surface area contributed by atoms with Gasteiger partial charge in [-0.05, 0) is 40.2 Å². The van der Waals surface area contributed by atoms with Crippen molar-refractivity contribution in [2.24, 2.45) is 10.7 Å². The van der Waals surface area contributed by atoms with Gasteiger partial charge in [0.25, 0.3) is 0 Å². The second kappa shape index (κ2) is 15.5. The number of hydrogen-bond donors (Lipinski definition) is 6. The van der Waals surface area contributed by atoms with E-state index in [0.717, 1.165) is 0 Å². The minimum atomic E-state index is -5.08. The predicted octanol–water partition coefficient (Wildman–Crippen LogP) is 0.917. The number of nitrogens with two attached hydrogens (primary N) is 1. The SMILES string of the molecule is NC(CCl)=NCCC[C@H](Nc1ccc([N+](=O)[O-])c2nonc12)C(=O)NCc1cccc(B(O)O)c1.O=C(O)C(F)(F)F. The molecule has 1 heterocycles. The number of alkyl halides is 4. The van der Waals surface area contributed by atoms with E-state index in [9.17, 15) is 38.1 Å². The fourth-order valence-electron chi connectivity index (χ4n) is 3.31. The zero-order valence-corrected chi connectivity index (χ0v) is 22.2. The average molecular weight is 618 g/mol. The number of carboxylic acid groups (broad SMARTS) is 1. The van der Waals surface area contributed by atoms with Crippen molar-refractivity contribution in [3.05, 3.63) is 52.1 Å². The lowest BCUT2D eigenvalue weighted by Crippen LogP contribution is -2.40. The summed E-state index contributed by atoms with van der Waals surface area (Å²) in [6.07, 6.45) is -4.26. The van der Waals surface area contributed by atoms with Crippen LogP contribution in [0.25, 0.3) is 11.0 Å². The molecule has 42 heavy (non-hydrogen) atoms. The van der Waals surface area contributed by atoms with Gasteiger partial charge in [0.15, 0.2) is 5.52 Å². The maximum Gasteiger partial charge on any atom is 0.490 e. The number of amidine groups is 1. The summed E-state index contributed by atoms with van der Waals surface area (Å²) in [5.74, 6) is -2.73. The number of nitrogens with one attached hydrogen (secondary N) is 2. The second-order valence-corrected chi connectivity index (χ2v) is 8.60. The van der Waals surface area contributed by atoms with Gasteiger partial charge in [-0.3, -0.25) is 19.9 Å². The van der Waals surface area contributed by atoms with Crippen LogP contribution in [-0.2, 0) is 16.1 Å². The summed E-state index contributed by atoms with van der Waals surface area (Å²) in [6, 6.07) is 8.42. The quantitative estimate of drug-likeness (QED) is 0.0316. The fourth-order valence-corrected chi connectivity index (χ4v) is 3.39. The van der Waals surface area contributed by atoms with Crippen LogP contribution < -0.4 is 21.8 Å². The van der Waals surface area contributed by atoms with E-state index >= 15 is 0 Å². The minimum Gasteiger partial charge on any atom is -0.475 e. The highest BCUT2D eigenvalue weighted by Crippen LogP contribution is 2.29. The van der Waals surface area contributed by atoms with Gasteiger partial charge < -0.3 is 31.5 Å². The lowest BCUT2D eigenvalue weighted by Gasteiger charge is -2.19. The molecule has 0 radical (unpaired) electrons. The molecule has 0 aliphatic carbocycles. The average Bonchev–Trinajstić information content (AvgIpc) is 3.43. The molecule has 1 aromatic heterocycles. The van der Waals surface area contributed by atoms with E-state index in [2.05, 4.69) is 30.6 Å². The van der Waals surface area contributed by atoms with Crippen LogP contribution in [0.5, 0.6) is 0 Å². The topological polar surface area (TPSA) is 239 Å². The number of hydrogen-bond acceptors (Lipinski definition) is 11. The van der Waals surface area contributed by atoms with Crippen LogP contribution >= 0.6 is 11.6 Å². The molecular formula is C22H24BClF3N7O8. The maximum atomic E-state index is 13.1. The summed E-state index contributed by atoms with van der Waals surface area (Å²) in [6.45, 7) is 0.484. The Balaban J connectivity index is 0.000000782. The van der Waals surface area contributed by atoms with Crippen molar-refractivity contribution >= 4 is 64.3 Å². The minimum absolute atomic E-state index is 0.0435. The van der Waals surface area contributed by atoms with Crippen LogP contribution in [0, 0.1) is 10.1 Å². The molecule has 0 aliphatic rings. The van der Waals surface area contributed by atoms with E-state index in [-0.39, 0.29) is 40.9 Å². The Kier molecular flexibility index (Phi) is 12.4. The second-order valence-electron chi connectivity index (χ2n) is 8.34. The van der Waals surface area contributed by atoms with Gasteiger partial charge in [-0.2, -0.15) is 13.2 Å². The maximum absolute atomic E-state index is 13.1. The lowest BCUT2D eigenvalue weighted by atomic mass is 9.79. The number of anilines is 1. The van der Waals surface area contributed by atoms with Crippen molar-refractivity contribution in [3.8, 4) is 0 Å². The highest BCUT2D eigenvalue weighted by Gasteiger charge is 2.38. The van der Waals surface area contributed by atoms with Gasteiger partial charge in [-0.25, -0.2) is 9.42 Å². The number of benzene rings is 2. The first-order valence-corrected chi connectivity index (χ1v) is 12.3. The molecule has 0 unspecified atom stereocenters. The molecule has 3 rings (SSSR count). The monoisotopic (exact) mass is 617 g/mol. The van der Waals surface area contributed by atoms with E-state index < -0.39 is 30.2 Å². The van der Waals surface area contributed by atoms with Gasteiger partial charge in [-0.1, -0.05) is 24.3 Å². The van der Waals surface area contributed by atoms with E-state index in [1.165, 1.54) is 12.1 Å². The van der Waals surface area contributed by atoms with Crippen molar-refractivity contribution in [3.63, 3.8) is 0 Å². The van der Waals surface area contributed by atoms with Gasteiger partial charge in [0, 0.05) is 19.2 Å². The fraction of sp³-hybridized carbons (Fsp3) is 0.318. The molecular weight excluding hydrogens is 594 g/mol. The van der Waals surface area contributed by atoms with Gasteiger partial charge in [0.2, 0.25) is 11.4 Å². The van der Waals surface area contributed by atoms with E-state index in [0.29, 0.717) is 36.1 Å². The normalized spacial score (nSPS) is 12.2. The first kappa shape index (κ1) is 33.7. The summed E-state index contributed by atoms with van der Waals surface area (Å²) < 4.78 is 36.4. The number of carbonyl (C=O) groups is 2. The summed E-state index contributed by atoms with van der Waals surface area (Å²) in [5.41, 5.74) is 6.71. The molecule has 0 saturated carbocycles. The highest BCUT2D eigenvalue weighted by molar-refractivity contribution is 6.58. The highest BCUT2D eigenvalue weighted by atomic mass is 35.5. The summed E-state index contributed by atoms with van der Waals surface area (Å²) in [7, 11) is -1.62. The van der Waals surface area contributed by atoms with Crippen LogP contribution in [0.15, 0.2) is 46.0 Å². The number of carbonyl (C=O) groups excluding carboxylic acids is 1. The standard InChI is InChI=1S/C20H23BClN7O6.C2HF3O2/c22-10-17(23)24-8-2-5-15(20(30)25-11-12-3-1-4-13(9-12)21(31)32)26-14-6-7-16(29(33)34)19-18(14)27-35-28-19;3-2(4,5)1(6)7/h1,3-4,6-7,9,15,26,31-32H,2,5,8,10-11H2,(H2,23,24)(H,25,30);(H,6,7)/t15-;/m0./s1. The molecule has 226 valence electrons. The molecule has 0 aliphatic heterocycles. The Labute approximate surface area is 239 Å². The molecule has 1 atom stereocenters. The number of aliphatic carboxylic acids is 1. The van der Waals surface area contributed by atoms with E-state index in [1.54, 1.807) is 24.3 Å². The van der Waals surface area contributed by atoms with Crippen LogP contribution in [0.4, 0.5) is 24.5 Å². The third-order valence-electron chi connectivity index (χ3n) is 5.30. The Morgan fingerprint density at radius 2 is 1.88 bits per heavy atom. The van der Waals surface area contributed by atoms with Crippen molar-refractivity contribution in [2.45, 2.75) is 31.6 Å². The number of non-ortho nitro benzene ring substituents is 1. The zero-order chi connectivity index (χ0) is 31.4. The number of rotatable bonds is 12. The number of fused-ring (bicyclic) bond motifs is 1. The van der Waals surface area contributed by atoms with Crippen LogP contribution in [0.3, 0.4) is 0 Å². The van der Waals surface area contributed by atoms with Crippen molar-refractivity contribution in [1.29, 1.82) is 0 Å². The Morgan fingerprint density at radius 3 is 2.48 bits per heavy atom. The summed E-state index contributed by atoms with van der Waals surface area (Å²) in [5, 5.41) is 50.3. The smallest absolute Gasteiger partial charge is 0.475 e. The van der Waals surface area contributed by atoms with Crippen LogP contribution in [0.1, 0.15) is 18.4 Å². The van der Waals surface area contributed by atoms with Gasteiger partial charge in [0.05, 0.1) is 16.5 Å². The molecule has 0 fully saturated rings. The number of carboxylic acids is 1.